The summed E-state index contributed by atoms with van der Waals surface area (Å²) in [5.74, 6) is 0.754. The van der Waals surface area contributed by atoms with Gasteiger partial charge in [-0.05, 0) is 59.1 Å². The van der Waals surface area contributed by atoms with Gasteiger partial charge in [-0.2, -0.15) is 5.10 Å². The zero-order valence-corrected chi connectivity index (χ0v) is 16.9. The fourth-order valence-corrected chi connectivity index (χ4v) is 2.88. The lowest BCUT2D eigenvalue weighted by molar-refractivity contribution is 0.0954. The Morgan fingerprint density at radius 1 is 1.27 bits per heavy atom. The van der Waals surface area contributed by atoms with Gasteiger partial charge < -0.3 is 9.47 Å². The highest BCUT2D eigenvalue weighted by Crippen LogP contribution is 2.36. The summed E-state index contributed by atoms with van der Waals surface area (Å²) in [5.41, 5.74) is 3.68. The highest BCUT2D eigenvalue weighted by atomic mass is 79.9. The fraction of sp³-hybridized carbons (Fsp3) is 0.263. The standard InChI is InChI=1S/C19H20BrClN2O3/c1-3-9-26-18-16(21)10-13(11-17(18)25-4-2)12-22-23-19(24)14-7-5-6-8-15(14)20/h5-8,10-12H,3-4,9H2,1-2H3,(H,23,24)/b22-12-. The minimum Gasteiger partial charge on any atom is -0.490 e. The van der Waals surface area contributed by atoms with E-state index in [0.29, 0.717) is 45.3 Å². The first-order valence-electron chi connectivity index (χ1n) is 8.23. The SMILES string of the molecule is CCCOc1c(Cl)cc(/C=N\NC(=O)c2ccccc2Br)cc1OCC. The molecule has 26 heavy (non-hydrogen) atoms. The number of nitrogens with one attached hydrogen (secondary N) is 1. The van der Waals surface area contributed by atoms with Gasteiger partial charge in [-0.15, -0.1) is 0 Å². The number of amides is 1. The van der Waals surface area contributed by atoms with Crippen LogP contribution < -0.4 is 14.9 Å². The van der Waals surface area contributed by atoms with Crippen LogP contribution in [0.3, 0.4) is 0 Å². The molecule has 1 N–H and O–H groups in total. The molecule has 0 spiro atoms. The van der Waals surface area contributed by atoms with E-state index in [0.717, 1.165) is 6.42 Å². The van der Waals surface area contributed by atoms with Crippen molar-refractivity contribution in [2.45, 2.75) is 20.3 Å². The molecule has 5 nitrogen and oxygen atoms in total. The monoisotopic (exact) mass is 438 g/mol. The predicted molar refractivity (Wildman–Crippen MR) is 108 cm³/mol. The molecule has 2 aromatic rings. The third kappa shape index (κ3) is 5.47. The van der Waals surface area contributed by atoms with E-state index >= 15 is 0 Å². The van der Waals surface area contributed by atoms with Crippen molar-refractivity contribution in [2.75, 3.05) is 13.2 Å². The number of ether oxygens (including phenoxy) is 2. The van der Waals surface area contributed by atoms with E-state index in [1.54, 1.807) is 30.3 Å². The van der Waals surface area contributed by atoms with Gasteiger partial charge in [0.25, 0.3) is 5.91 Å². The molecular formula is C19H20BrClN2O3. The molecule has 2 rings (SSSR count). The van der Waals surface area contributed by atoms with Crippen molar-refractivity contribution in [3.8, 4) is 11.5 Å². The molecule has 0 saturated heterocycles. The first-order chi connectivity index (χ1) is 12.6. The maximum absolute atomic E-state index is 12.1. The topological polar surface area (TPSA) is 59.9 Å². The maximum atomic E-state index is 12.1. The lowest BCUT2D eigenvalue weighted by Gasteiger charge is -2.13. The average molecular weight is 440 g/mol. The van der Waals surface area contributed by atoms with Crippen molar-refractivity contribution < 1.29 is 14.3 Å². The summed E-state index contributed by atoms with van der Waals surface area (Å²) in [6.45, 7) is 4.94. The summed E-state index contributed by atoms with van der Waals surface area (Å²) in [4.78, 5) is 12.1. The Hall–Kier alpha value is -2.05. The molecule has 0 heterocycles. The molecule has 0 unspecified atom stereocenters. The van der Waals surface area contributed by atoms with Gasteiger partial charge in [0.1, 0.15) is 0 Å². The lowest BCUT2D eigenvalue weighted by atomic mass is 10.2. The molecule has 0 saturated carbocycles. The second-order valence-electron chi connectivity index (χ2n) is 5.29. The maximum Gasteiger partial charge on any atom is 0.272 e. The van der Waals surface area contributed by atoms with Gasteiger partial charge in [-0.25, -0.2) is 5.43 Å². The van der Waals surface area contributed by atoms with Gasteiger partial charge >= 0.3 is 0 Å². The van der Waals surface area contributed by atoms with Crippen LogP contribution in [-0.2, 0) is 0 Å². The number of nitrogens with zero attached hydrogens (tertiary/aromatic N) is 1. The number of hydrazone groups is 1. The van der Waals surface area contributed by atoms with Crippen LogP contribution in [0.1, 0.15) is 36.2 Å². The largest absolute Gasteiger partial charge is 0.490 e. The molecule has 0 aromatic heterocycles. The zero-order chi connectivity index (χ0) is 18.9. The van der Waals surface area contributed by atoms with Crippen LogP contribution in [-0.4, -0.2) is 25.3 Å². The van der Waals surface area contributed by atoms with Crippen molar-refractivity contribution >= 4 is 39.7 Å². The number of rotatable bonds is 8. The molecule has 2 aromatic carbocycles. The number of carbonyl (C=O) groups is 1. The number of hydrogen-bond donors (Lipinski definition) is 1. The summed E-state index contributed by atoms with van der Waals surface area (Å²) in [6, 6.07) is 10.6. The smallest absolute Gasteiger partial charge is 0.272 e. The molecule has 0 atom stereocenters. The summed E-state index contributed by atoms with van der Waals surface area (Å²) in [7, 11) is 0. The van der Waals surface area contributed by atoms with E-state index in [1.807, 2.05) is 19.9 Å². The van der Waals surface area contributed by atoms with E-state index in [1.165, 1.54) is 6.21 Å². The van der Waals surface area contributed by atoms with E-state index < -0.39 is 0 Å². The number of hydrogen-bond acceptors (Lipinski definition) is 4. The molecule has 0 aliphatic heterocycles. The molecule has 7 heteroatoms. The Morgan fingerprint density at radius 3 is 2.73 bits per heavy atom. The summed E-state index contributed by atoms with van der Waals surface area (Å²) in [6.07, 6.45) is 2.37. The Labute approximate surface area is 166 Å². The Morgan fingerprint density at radius 2 is 2.04 bits per heavy atom. The fourth-order valence-electron chi connectivity index (χ4n) is 2.14. The third-order valence-electron chi connectivity index (χ3n) is 3.28. The number of halogens is 2. The molecule has 1 amide bonds. The molecule has 138 valence electrons. The number of benzene rings is 2. The molecule has 0 fully saturated rings. The van der Waals surface area contributed by atoms with Gasteiger partial charge in [-0.1, -0.05) is 30.7 Å². The third-order valence-corrected chi connectivity index (χ3v) is 4.25. The van der Waals surface area contributed by atoms with Crippen LogP contribution in [0.4, 0.5) is 0 Å². The minimum atomic E-state index is -0.312. The molecule has 0 aliphatic carbocycles. The van der Waals surface area contributed by atoms with Crippen molar-refractivity contribution in [2.24, 2.45) is 5.10 Å². The summed E-state index contributed by atoms with van der Waals surface area (Å²) in [5, 5.41) is 4.43. The van der Waals surface area contributed by atoms with Crippen LogP contribution >= 0.6 is 27.5 Å². The van der Waals surface area contributed by atoms with E-state index in [2.05, 4.69) is 26.5 Å². The number of carbonyl (C=O) groups excluding carboxylic acids is 1. The second kappa shape index (κ2) is 10.2. The molecule has 0 radical (unpaired) electrons. The minimum absolute atomic E-state index is 0.312. The van der Waals surface area contributed by atoms with E-state index in [9.17, 15) is 4.79 Å². The van der Waals surface area contributed by atoms with E-state index in [-0.39, 0.29) is 5.91 Å². The van der Waals surface area contributed by atoms with Gasteiger partial charge in [0, 0.05) is 4.47 Å². The molecule has 0 bridgehead atoms. The van der Waals surface area contributed by atoms with Crippen molar-refractivity contribution in [3.05, 3.63) is 57.0 Å². The van der Waals surface area contributed by atoms with Crippen molar-refractivity contribution in [1.82, 2.24) is 5.43 Å². The van der Waals surface area contributed by atoms with Crippen LogP contribution in [0.5, 0.6) is 11.5 Å². The van der Waals surface area contributed by atoms with E-state index in [4.69, 9.17) is 21.1 Å². The van der Waals surface area contributed by atoms with Gasteiger partial charge in [0.05, 0.1) is 30.0 Å². The van der Waals surface area contributed by atoms with Crippen molar-refractivity contribution in [1.29, 1.82) is 0 Å². The van der Waals surface area contributed by atoms with Crippen LogP contribution in [0.15, 0.2) is 46.0 Å². The lowest BCUT2D eigenvalue weighted by Crippen LogP contribution is -2.18. The van der Waals surface area contributed by atoms with Crippen LogP contribution in [0, 0.1) is 0 Å². The van der Waals surface area contributed by atoms with Gasteiger partial charge in [0.15, 0.2) is 11.5 Å². The second-order valence-corrected chi connectivity index (χ2v) is 6.55. The summed E-state index contributed by atoms with van der Waals surface area (Å²) < 4.78 is 12.0. The highest BCUT2D eigenvalue weighted by Gasteiger charge is 2.12. The van der Waals surface area contributed by atoms with Gasteiger partial charge in [0.2, 0.25) is 0 Å². The molecule has 0 aliphatic rings. The van der Waals surface area contributed by atoms with Gasteiger partial charge in [-0.3, -0.25) is 4.79 Å². The zero-order valence-electron chi connectivity index (χ0n) is 14.6. The van der Waals surface area contributed by atoms with Crippen LogP contribution in [0.25, 0.3) is 0 Å². The normalized spacial score (nSPS) is 10.8. The Kier molecular flexibility index (Phi) is 7.94. The predicted octanol–water partition coefficient (Wildman–Crippen LogP) is 5.05. The quantitative estimate of drug-likeness (QED) is 0.462. The van der Waals surface area contributed by atoms with Crippen LogP contribution in [0.2, 0.25) is 5.02 Å². The highest BCUT2D eigenvalue weighted by molar-refractivity contribution is 9.10. The summed E-state index contributed by atoms with van der Waals surface area (Å²) >= 11 is 9.64. The Balaban J connectivity index is 2.14. The first-order valence-corrected chi connectivity index (χ1v) is 9.41. The molecular weight excluding hydrogens is 420 g/mol. The van der Waals surface area contributed by atoms with Crippen molar-refractivity contribution in [3.63, 3.8) is 0 Å². The Bertz CT molecular complexity index is 796. The first kappa shape index (κ1) is 20.3. The average Bonchev–Trinajstić information content (AvgIpc) is 2.61.